The zero-order chi connectivity index (χ0) is 6.20. The summed E-state index contributed by atoms with van der Waals surface area (Å²) in [7, 11) is 0. The molecule has 0 spiro atoms. The van der Waals surface area contributed by atoms with E-state index < -0.39 is 5.67 Å². The SMILES string of the molecule is CC(C)CC1(F)CC1. The van der Waals surface area contributed by atoms with Gasteiger partial charge in [-0.1, -0.05) is 13.8 Å². The molecule has 1 saturated carbocycles. The lowest BCUT2D eigenvalue weighted by Gasteiger charge is -2.05. The minimum absolute atomic E-state index is 0.530. The summed E-state index contributed by atoms with van der Waals surface area (Å²) in [5, 5.41) is 0. The highest BCUT2D eigenvalue weighted by atomic mass is 19.1. The molecule has 0 aromatic carbocycles. The van der Waals surface area contributed by atoms with Crippen molar-refractivity contribution in [2.45, 2.75) is 38.8 Å². The second kappa shape index (κ2) is 1.71. The first-order chi connectivity index (χ1) is 3.62. The lowest BCUT2D eigenvalue weighted by Crippen LogP contribution is -2.03. The third kappa shape index (κ3) is 1.46. The molecule has 0 aromatic rings. The molecule has 1 aliphatic carbocycles. The molecule has 0 saturated heterocycles. The summed E-state index contributed by atoms with van der Waals surface area (Å²) in [6.45, 7) is 4.14. The zero-order valence-corrected chi connectivity index (χ0v) is 5.58. The Balaban J connectivity index is 2.19. The van der Waals surface area contributed by atoms with Crippen LogP contribution in [0.15, 0.2) is 0 Å². The first-order valence-corrected chi connectivity index (χ1v) is 3.31. The fourth-order valence-electron chi connectivity index (χ4n) is 1.07. The fraction of sp³-hybridized carbons (Fsp3) is 1.00. The van der Waals surface area contributed by atoms with E-state index in [0.29, 0.717) is 5.92 Å². The average Bonchev–Trinajstić information content (AvgIpc) is 2.17. The van der Waals surface area contributed by atoms with E-state index in [9.17, 15) is 4.39 Å². The fourth-order valence-corrected chi connectivity index (χ4v) is 1.07. The van der Waals surface area contributed by atoms with Crippen molar-refractivity contribution in [3.05, 3.63) is 0 Å². The molecule has 8 heavy (non-hydrogen) atoms. The topological polar surface area (TPSA) is 0 Å². The van der Waals surface area contributed by atoms with Gasteiger partial charge in [-0.15, -0.1) is 0 Å². The highest BCUT2D eigenvalue weighted by Crippen LogP contribution is 2.44. The largest absolute Gasteiger partial charge is 0.244 e. The molecule has 0 heterocycles. The Labute approximate surface area is 50.1 Å². The van der Waals surface area contributed by atoms with E-state index >= 15 is 0 Å². The van der Waals surface area contributed by atoms with Crippen molar-refractivity contribution in [3.63, 3.8) is 0 Å². The van der Waals surface area contributed by atoms with Gasteiger partial charge in [0.15, 0.2) is 0 Å². The first-order valence-electron chi connectivity index (χ1n) is 3.31. The summed E-state index contributed by atoms with van der Waals surface area (Å²) in [6, 6.07) is 0. The molecule has 1 aliphatic rings. The van der Waals surface area contributed by atoms with Crippen molar-refractivity contribution >= 4 is 0 Å². The predicted molar refractivity (Wildman–Crippen MR) is 32.5 cm³/mol. The summed E-state index contributed by atoms with van der Waals surface area (Å²) < 4.78 is 12.8. The Hall–Kier alpha value is -0.0700. The predicted octanol–water partition coefficient (Wildman–Crippen LogP) is 2.53. The Kier molecular flexibility index (Phi) is 1.30. The van der Waals surface area contributed by atoms with Crippen molar-refractivity contribution in [2.75, 3.05) is 0 Å². The van der Waals surface area contributed by atoms with Crippen molar-refractivity contribution in [1.29, 1.82) is 0 Å². The molecule has 0 aliphatic heterocycles. The summed E-state index contributed by atoms with van der Waals surface area (Å²) in [5.74, 6) is 0.530. The molecule has 0 amide bonds. The summed E-state index contributed by atoms with van der Waals surface area (Å²) in [4.78, 5) is 0. The van der Waals surface area contributed by atoms with Gasteiger partial charge < -0.3 is 0 Å². The molecular weight excluding hydrogens is 103 g/mol. The van der Waals surface area contributed by atoms with Gasteiger partial charge in [-0.25, -0.2) is 4.39 Å². The Morgan fingerprint density at radius 2 is 2.00 bits per heavy atom. The molecule has 0 aromatic heterocycles. The van der Waals surface area contributed by atoms with Crippen LogP contribution in [0, 0.1) is 5.92 Å². The number of rotatable bonds is 2. The maximum atomic E-state index is 12.8. The maximum absolute atomic E-state index is 12.8. The highest BCUT2D eigenvalue weighted by Gasteiger charge is 2.42. The molecule has 48 valence electrons. The van der Waals surface area contributed by atoms with Gasteiger partial charge in [-0.3, -0.25) is 0 Å². The van der Waals surface area contributed by atoms with Crippen molar-refractivity contribution in [2.24, 2.45) is 5.92 Å². The van der Waals surface area contributed by atoms with Gasteiger partial charge in [0.05, 0.1) is 0 Å². The van der Waals surface area contributed by atoms with Crippen LogP contribution in [0.1, 0.15) is 33.1 Å². The van der Waals surface area contributed by atoms with Crippen molar-refractivity contribution < 1.29 is 4.39 Å². The van der Waals surface area contributed by atoms with Crippen LogP contribution in [0.3, 0.4) is 0 Å². The average molecular weight is 116 g/mol. The van der Waals surface area contributed by atoms with Crippen LogP contribution >= 0.6 is 0 Å². The monoisotopic (exact) mass is 116 g/mol. The second-order valence-electron chi connectivity index (χ2n) is 3.25. The van der Waals surface area contributed by atoms with Crippen molar-refractivity contribution in [1.82, 2.24) is 0 Å². The third-order valence-corrected chi connectivity index (χ3v) is 1.57. The van der Waals surface area contributed by atoms with Gasteiger partial charge in [-0.2, -0.15) is 0 Å². The Morgan fingerprint density at radius 1 is 1.50 bits per heavy atom. The maximum Gasteiger partial charge on any atom is 0.111 e. The zero-order valence-electron chi connectivity index (χ0n) is 5.58. The molecule has 0 unspecified atom stereocenters. The molecule has 0 atom stereocenters. The van der Waals surface area contributed by atoms with E-state index in [-0.39, 0.29) is 0 Å². The van der Waals surface area contributed by atoms with Gasteiger partial charge in [-0.05, 0) is 25.2 Å². The molecule has 1 fully saturated rings. The normalized spacial score (nSPS) is 24.0. The highest BCUT2D eigenvalue weighted by molar-refractivity contribution is 4.94. The van der Waals surface area contributed by atoms with Crippen molar-refractivity contribution in [3.8, 4) is 0 Å². The standard InChI is InChI=1S/C7H13F/c1-6(2)5-7(8)3-4-7/h6H,3-5H2,1-2H3. The minimum Gasteiger partial charge on any atom is -0.244 e. The lowest BCUT2D eigenvalue weighted by atomic mass is 10.1. The van der Waals surface area contributed by atoms with Gasteiger partial charge in [0.2, 0.25) is 0 Å². The molecule has 0 bridgehead atoms. The molecule has 1 rings (SSSR count). The minimum atomic E-state index is -0.728. The molecule has 0 radical (unpaired) electrons. The van der Waals surface area contributed by atoms with E-state index in [0.717, 1.165) is 19.3 Å². The summed E-state index contributed by atoms with van der Waals surface area (Å²) in [5.41, 5.74) is -0.728. The van der Waals surface area contributed by atoms with Crippen LogP contribution < -0.4 is 0 Å². The van der Waals surface area contributed by atoms with E-state index in [1.165, 1.54) is 0 Å². The van der Waals surface area contributed by atoms with Crippen LogP contribution in [0.25, 0.3) is 0 Å². The number of halogens is 1. The van der Waals surface area contributed by atoms with Crippen LogP contribution in [-0.4, -0.2) is 5.67 Å². The Bertz CT molecular complexity index is 82.4. The van der Waals surface area contributed by atoms with E-state index in [4.69, 9.17) is 0 Å². The van der Waals surface area contributed by atoms with Crippen LogP contribution in [0.2, 0.25) is 0 Å². The molecule has 0 N–H and O–H groups in total. The summed E-state index contributed by atoms with van der Waals surface area (Å²) >= 11 is 0. The first kappa shape index (κ1) is 6.06. The van der Waals surface area contributed by atoms with Gasteiger partial charge in [0.1, 0.15) is 5.67 Å². The number of hydrogen-bond donors (Lipinski definition) is 0. The van der Waals surface area contributed by atoms with Crippen LogP contribution in [-0.2, 0) is 0 Å². The Morgan fingerprint density at radius 3 is 2.12 bits per heavy atom. The number of alkyl halides is 1. The van der Waals surface area contributed by atoms with E-state index in [1.54, 1.807) is 0 Å². The summed E-state index contributed by atoms with van der Waals surface area (Å²) in [6.07, 6.45) is 2.39. The van der Waals surface area contributed by atoms with Gasteiger partial charge >= 0.3 is 0 Å². The number of hydrogen-bond acceptors (Lipinski definition) is 0. The van der Waals surface area contributed by atoms with Gasteiger partial charge in [0.25, 0.3) is 0 Å². The van der Waals surface area contributed by atoms with Crippen LogP contribution in [0.4, 0.5) is 4.39 Å². The van der Waals surface area contributed by atoms with Gasteiger partial charge in [0, 0.05) is 0 Å². The lowest BCUT2D eigenvalue weighted by molar-refractivity contribution is 0.259. The quantitative estimate of drug-likeness (QED) is 0.520. The van der Waals surface area contributed by atoms with E-state index in [2.05, 4.69) is 13.8 Å². The van der Waals surface area contributed by atoms with Crippen LogP contribution in [0.5, 0.6) is 0 Å². The third-order valence-electron chi connectivity index (χ3n) is 1.57. The second-order valence-corrected chi connectivity index (χ2v) is 3.25. The molecule has 0 nitrogen and oxygen atoms in total. The smallest absolute Gasteiger partial charge is 0.111 e. The van der Waals surface area contributed by atoms with E-state index in [1.807, 2.05) is 0 Å². The molecule has 1 heteroatoms. The molecular formula is C7H13F.